The largest absolute Gasteiger partial charge is 0.398 e. The predicted octanol–water partition coefficient (Wildman–Crippen LogP) is 2.13. The van der Waals surface area contributed by atoms with Gasteiger partial charge >= 0.3 is 0 Å². The van der Waals surface area contributed by atoms with Crippen LogP contribution in [0.1, 0.15) is 12.0 Å². The van der Waals surface area contributed by atoms with Crippen molar-refractivity contribution in [3.05, 3.63) is 76.7 Å². The Morgan fingerprint density at radius 1 is 0.864 bits per heavy atom. The highest BCUT2D eigenvalue weighted by atomic mass is 14.7. The van der Waals surface area contributed by atoms with Crippen LogP contribution in [-0.2, 0) is 0 Å². The van der Waals surface area contributed by atoms with Crippen LogP contribution in [0.2, 0.25) is 0 Å². The second kappa shape index (κ2) is 5.00. The maximum Gasteiger partial charge on any atom is 0.0397 e. The van der Waals surface area contributed by atoms with Crippen molar-refractivity contribution >= 4 is 28.1 Å². The quantitative estimate of drug-likeness (QED) is 0.673. The van der Waals surface area contributed by atoms with Gasteiger partial charge in [-0.3, -0.25) is 0 Å². The Balaban J connectivity index is 2.20. The summed E-state index contributed by atoms with van der Waals surface area (Å²) in [6.45, 7) is 0. The van der Waals surface area contributed by atoms with Gasteiger partial charge in [0.2, 0.25) is 0 Å². The molecule has 1 atom stereocenters. The lowest BCUT2D eigenvalue weighted by Gasteiger charge is -2.22. The van der Waals surface area contributed by atoms with Gasteiger partial charge in [-0.2, -0.15) is 0 Å². The van der Waals surface area contributed by atoms with Crippen LogP contribution in [0.4, 0.5) is 5.69 Å². The van der Waals surface area contributed by atoms with Crippen molar-refractivity contribution < 1.29 is 0 Å². The van der Waals surface area contributed by atoms with Gasteiger partial charge < -0.3 is 11.5 Å². The maximum atomic E-state index is 6.46. The van der Waals surface area contributed by atoms with Crippen LogP contribution in [0.5, 0.6) is 0 Å². The molecule has 22 heavy (non-hydrogen) atoms. The number of nitrogen functional groups attached to an aromatic ring is 1. The average Bonchev–Trinajstić information content (AvgIpc) is 2.56. The molecule has 4 rings (SSSR count). The van der Waals surface area contributed by atoms with Gasteiger partial charge in [0.05, 0.1) is 0 Å². The number of hydrogen-bond donors (Lipinski definition) is 2. The molecule has 0 aliphatic heterocycles. The number of benzene rings is 3. The van der Waals surface area contributed by atoms with E-state index < -0.39 is 0 Å². The summed E-state index contributed by atoms with van der Waals surface area (Å²) < 4.78 is 0. The molecule has 0 unspecified atom stereocenters. The minimum atomic E-state index is -0.0250. The molecule has 0 saturated carbocycles. The monoisotopic (exact) mass is 286 g/mol. The number of nitrogens with two attached hydrogens (primary N) is 2. The molecule has 3 aromatic rings. The third-order valence-electron chi connectivity index (χ3n) is 4.44. The van der Waals surface area contributed by atoms with Crippen molar-refractivity contribution in [2.75, 3.05) is 5.73 Å². The summed E-state index contributed by atoms with van der Waals surface area (Å²) in [7, 11) is 0. The number of fused-ring (bicyclic) bond motifs is 2. The molecule has 1 aliphatic rings. The standard InChI is InChI=1S/C20H18N2/c21-17-11-9-13-5-1-3-7-15(13)19(17)20-16-8-4-2-6-14(16)10-12-18(20)22/h1-11,18H,12,21-22H2/t18-/m1/s1. The molecular weight excluding hydrogens is 268 g/mol. The molecular formula is C20H18N2. The normalized spacial score (nSPS) is 17.1. The molecule has 0 saturated heterocycles. The van der Waals surface area contributed by atoms with Crippen LogP contribution in [0, 0.1) is 0 Å². The van der Waals surface area contributed by atoms with Gasteiger partial charge in [-0.15, -0.1) is 0 Å². The van der Waals surface area contributed by atoms with Gasteiger partial charge in [0, 0.05) is 17.3 Å². The third-order valence-corrected chi connectivity index (χ3v) is 4.44. The van der Waals surface area contributed by atoms with Gasteiger partial charge in [0.1, 0.15) is 0 Å². The van der Waals surface area contributed by atoms with E-state index >= 15 is 0 Å². The minimum Gasteiger partial charge on any atom is -0.398 e. The molecule has 0 aromatic heterocycles. The van der Waals surface area contributed by atoms with Crippen LogP contribution in [0.25, 0.3) is 22.4 Å². The highest BCUT2D eigenvalue weighted by molar-refractivity contribution is 5.99. The predicted molar refractivity (Wildman–Crippen MR) is 93.6 cm³/mol. The van der Waals surface area contributed by atoms with E-state index in [1.54, 1.807) is 0 Å². The lowest BCUT2D eigenvalue weighted by atomic mass is 9.86. The van der Waals surface area contributed by atoms with Crippen LogP contribution in [0.15, 0.2) is 60.7 Å². The van der Waals surface area contributed by atoms with Crippen molar-refractivity contribution in [2.24, 2.45) is 5.73 Å². The van der Waals surface area contributed by atoms with Gasteiger partial charge in [-0.25, -0.2) is 0 Å². The fourth-order valence-electron chi connectivity index (χ4n) is 3.40. The molecule has 0 spiro atoms. The first-order valence-corrected chi connectivity index (χ1v) is 7.58. The Bertz CT molecular complexity index is 986. The molecule has 0 heterocycles. The number of rotatable bonds is 1. The zero-order chi connectivity index (χ0) is 15.1. The van der Waals surface area contributed by atoms with Crippen molar-refractivity contribution in [1.82, 2.24) is 0 Å². The molecule has 0 radical (unpaired) electrons. The van der Waals surface area contributed by atoms with E-state index in [0.29, 0.717) is 0 Å². The summed E-state index contributed by atoms with van der Waals surface area (Å²) >= 11 is 0. The lowest BCUT2D eigenvalue weighted by Crippen LogP contribution is -2.39. The van der Waals surface area contributed by atoms with E-state index in [4.69, 9.17) is 11.5 Å². The highest BCUT2D eigenvalue weighted by Crippen LogP contribution is 2.31. The molecule has 3 aromatic carbocycles. The SMILES string of the molecule is Nc1ccc2ccccc2c1C1=c2ccccc2=CC[C@H]1N. The number of anilines is 1. The minimum absolute atomic E-state index is 0.0250. The van der Waals surface area contributed by atoms with Crippen LogP contribution < -0.4 is 21.9 Å². The molecule has 0 amide bonds. The molecule has 0 fully saturated rings. The maximum absolute atomic E-state index is 6.46. The zero-order valence-corrected chi connectivity index (χ0v) is 12.3. The molecule has 0 bridgehead atoms. The fourth-order valence-corrected chi connectivity index (χ4v) is 3.40. The summed E-state index contributed by atoms with van der Waals surface area (Å²) in [6.07, 6.45) is 3.06. The Labute approximate surface area is 129 Å². The van der Waals surface area contributed by atoms with Crippen molar-refractivity contribution in [3.8, 4) is 0 Å². The summed E-state index contributed by atoms with van der Waals surface area (Å²) in [5, 5.41) is 4.80. The van der Waals surface area contributed by atoms with Crippen molar-refractivity contribution in [1.29, 1.82) is 0 Å². The van der Waals surface area contributed by atoms with Crippen molar-refractivity contribution in [3.63, 3.8) is 0 Å². The molecule has 108 valence electrons. The van der Waals surface area contributed by atoms with Crippen LogP contribution >= 0.6 is 0 Å². The van der Waals surface area contributed by atoms with Gasteiger partial charge in [0.25, 0.3) is 0 Å². The first kappa shape index (κ1) is 13.1. The second-order valence-corrected chi connectivity index (χ2v) is 5.80. The topological polar surface area (TPSA) is 52.0 Å². The van der Waals surface area contributed by atoms with E-state index in [1.807, 2.05) is 6.07 Å². The average molecular weight is 286 g/mol. The van der Waals surface area contributed by atoms with Gasteiger partial charge in [-0.1, -0.05) is 60.7 Å². The smallest absolute Gasteiger partial charge is 0.0397 e. The van der Waals surface area contributed by atoms with E-state index in [9.17, 15) is 0 Å². The Kier molecular flexibility index (Phi) is 2.98. The molecule has 2 heteroatoms. The molecule has 2 nitrogen and oxygen atoms in total. The second-order valence-electron chi connectivity index (χ2n) is 5.80. The summed E-state index contributed by atoms with van der Waals surface area (Å²) in [4.78, 5) is 0. The van der Waals surface area contributed by atoms with Gasteiger partial charge in [0.15, 0.2) is 0 Å². The first-order chi connectivity index (χ1) is 10.8. The number of hydrogen-bond acceptors (Lipinski definition) is 2. The van der Waals surface area contributed by atoms with Crippen LogP contribution in [0.3, 0.4) is 0 Å². The Morgan fingerprint density at radius 3 is 2.55 bits per heavy atom. The van der Waals surface area contributed by atoms with E-state index in [2.05, 4.69) is 60.7 Å². The zero-order valence-electron chi connectivity index (χ0n) is 12.3. The van der Waals surface area contributed by atoms with E-state index in [0.717, 1.165) is 23.2 Å². The summed E-state index contributed by atoms with van der Waals surface area (Å²) in [5.41, 5.74) is 15.9. The van der Waals surface area contributed by atoms with Gasteiger partial charge in [-0.05, 0) is 39.3 Å². The fraction of sp³-hybridized carbons (Fsp3) is 0.100. The summed E-state index contributed by atoms with van der Waals surface area (Å²) in [6, 6.07) is 20.8. The first-order valence-electron chi connectivity index (χ1n) is 7.58. The van der Waals surface area contributed by atoms with E-state index in [1.165, 1.54) is 21.2 Å². The molecule has 1 aliphatic carbocycles. The van der Waals surface area contributed by atoms with Crippen molar-refractivity contribution in [2.45, 2.75) is 12.5 Å². The summed E-state index contributed by atoms with van der Waals surface area (Å²) in [5.74, 6) is 0. The molecule has 4 N–H and O–H groups in total. The van der Waals surface area contributed by atoms with Crippen LogP contribution in [-0.4, -0.2) is 6.04 Å². The highest BCUT2D eigenvalue weighted by Gasteiger charge is 2.19. The Morgan fingerprint density at radius 2 is 1.64 bits per heavy atom. The van der Waals surface area contributed by atoms with E-state index in [-0.39, 0.29) is 6.04 Å². The lowest BCUT2D eigenvalue weighted by molar-refractivity contribution is 0.862. The Hall–Kier alpha value is -2.58. The third kappa shape index (κ3) is 1.92.